The van der Waals surface area contributed by atoms with Crippen molar-refractivity contribution in [3.63, 3.8) is 0 Å². The van der Waals surface area contributed by atoms with Gasteiger partial charge in [-0.25, -0.2) is 4.39 Å². The molecule has 1 aliphatic carbocycles. The third-order valence-corrected chi connectivity index (χ3v) is 7.49. The molecule has 1 heterocycles. The molecule has 4 nitrogen and oxygen atoms in total. The lowest BCUT2D eigenvalue weighted by Crippen LogP contribution is -2.51. The van der Waals surface area contributed by atoms with Crippen molar-refractivity contribution >= 4 is 23.6 Å². The lowest BCUT2D eigenvalue weighted by Gasteiger charge is -2.35. The Hall–Kier alpha value is -2.34. The van der Waals surface area contributed by atoms with E-state index in [1.165, 1.54) is 31.4 Å². The summed E-state index contributed by atoms with van der Waals surface area (Å²) in [5, 5.41) is 2.99. The number of benzene rings is 2. The molecule has 4 rings (SSSR count). The minimum absolute atomic E-state index is 0.0413. The molecule has 2 aliphatic rings. The topological polar surface area (TPSA) is 49.4 Å². The molecule has 1 saturated heterocycles. The van der Waals surface area contributed by atoms with Crippen molar-refractivity contribution in [3.8, 4) is 0 Å². The van der Waals surface area contributed by atoms with E-state index < -0.39 is 6.04 Å². The van der Waals surface area contributed by atoms with Crippen LogP contribution in [0.3, 0.4) is 0 Å². The summed E-state index contributed by atoms with van der Waals surface area (Å²) in [5.41, 5.74) is 1.46. The van der Waals surface area contributed by atoms with E-state index in [1.54, 1.807) is 23.9 Å². The number of halogens is 1. The van der Waals surface area contributed by atoms with Gasteiger partial charge in [0.15, 0.2) is 0 Å². The number of rotatable bonds is 5. The highest BCUT2D eigenvalue weighted by Gasteiger charge is 2.45. The first-order chi connectivity index (χ1) is 14.6. The molecule has 1 N–H and O–H groups in total. The van der Waals surface area contributed by atoms with Crippen molar-refractivity contribution in [1.29, 1.82) is 0 Å². The molecular weight excluding hydrogens is 399 g/mol. The van der Waals surface area contributed by atoms with Crippen molar-refractivity contribution in [3.05, 3.63) is 71.5 Å². The summed E-state index contributed by atoms with van der Waals surface area (Å²) in [7, 11) is 0. The molecule has 6 heteroatoms. The first kappa shape index (κ1) is 20.9. The Kier molecular flexibility index (Phi) is 6.72. The van der Waals surface area contributed by atoms with Crippen molar-refractivity contribution < 1.29 is 14.0 Å². The Morgan fingerprint density at radius 1 is 1.00 bits per heavy atom. The zero-order valence-electron chi connectivity index (χ0n) is 16.9. The molecule has 1 saturated carbocycles. The molecule has 0 radical (unpaired) electrons. The molecule has 0 bridgehead atoms. The van der Waals surface area contributed by atoms with Gasteiger partial charge >= 0.3 is 0 Å². The van der Waals surface area contributed by atoms with Gasteiger partial charge in [0.2, 0.25) is 5.91 Å². The summed E-state index contributed by atoms with van der Waals surface area (Å²) in [6.45, 7) is 0.321. The molecule has 0 spiro atoms. The number of carbonyl (C=O) groups is 2. The fourth-order valence-corrected chi connectivity index (χ4v) is 6.05. The van der Waals surface area contributed by atoms with Gasteiger partial charge in [0.1, 0.15) is 11.9 Å². The van der Waals surface area contributed by atoms with Crippen LogP contribution in [0.4, 0.5) is 4.39 Å². The van der Waals surface area contributed by atoms with Gasteiger partial charge in [0.25, 0.3) is 5.91 Å². The van der Waals surface area contributed by atoms with Crippen LogP contribution < -0.4 is 5.32 Å². The van der Waals surface area contributed by atoms with Crippen LogP contribution in [0.1, 0.15) is 48.0 Å². The normalized spacial score (nSPS) is 22.1. The first-order valence-electron chi connectivity index (χ1n) is 10.6. The fourth-order valence-electron chi connectivity index (χ4n) is 4.41. The maximum absolute atomic E-state index is 13.4. The monoisotopic (exact) mass is 426 g/mol. The van der Waals surface area contributed by atoms with E-state index in [9.17, 15) is 14.0 Å². The quantitative estimate of drug-likeness (QED) is 0.760. The zero-order chi connectivity index (χ0) is 20.9. The van der Waals surface area contributed by atoms with Crippen LogP contribution in [-0.2, 0) is 11.3 Å². The van der Waals surface area contributed by atoms with Crippen molar-refractivity contribution in [1.82, 2.24) is 10.2 Å². The zero-order valence-corrected chi connectivity index (χ0v) is 17.7. The minimum Gasteiger partial charge on any atom is -0.350 e. The first-order valence-corrected chi connectivity index (χ1v) is 11.7. The van der Waals surface area contributed by atoms with Crippen molar-refractivity contribution in [2.24, 2.45) is 5.92 Å². The summed E-state index contributed by atoms with van der Waals surface area (Å²) < 4.78 is 13.1. The number of hydrogen-bond acceptors (Lipinski definition) is 3. The maximum atomic E-state index is 13.4. The largest absolute Gasteiger partial charge is 0.350 e. The van der Waals surface area contributed by atoms with E-state index in [1.807, 2.05) is 35.2 Å². The van der Waals surface area contributed by atoms with Crippen LogP contribution in [0.5, 0.6) is 0 Å². The summed E-state index contributed by atoms with van der Waals surface area (Å²) in [5.74, 6) is 0.528. The van der Waals surface area contributed by atoms with E-state index in [0.29, 0.717) is 23.8 Å². The van der Waals surface area contributed by atoms with E-state index >= 15 is 0 Å². The third-order valence-electron chi connectivity index (χ3n) is 6.03. The lowest BCUT2D eigenvalue weighted by molar-refractivity contribution is -0.125. The third kappa shape index (κ3) is 4.69. The van der Waals surface area contributed by atoms with Crippen LogP contribution in [-0.4, -0.2) is 33.9 Å². The minimum atomic E-state index is -0.491. The molecule has 30 heavy (non-hydrogen) atoms. The standard InChI is InChI=1S/C24H27FN2O2S/c25-20-13-11-17(12-14-20)15-26-22(28)21-16-30-24(19-9-5-2-6-10-19)27(21)23(29)18-7-3-1-4-8-18/h1,3-4,7-8,11-14,19,21,24H,2,5-6,9-10,15-16H2,(H,26,28)/t21-,24-/m0/s1. The highest BCUT2D eigenvalue weighted by atomic mass is 32.2. The van der Waals surface area contributed by atoms with Gasteiger partial charge in [-0.1, -0.05) is 49.6 Å². The number of nitrogens with one attached hydrogen (secondary N) is 1. The summed E-state index contributed by atoms with van der Waals surface area (Å²) >= 11 is 1.73. The van der Waals surface area contributed by atoms with Gasteiger partial charge in [-0.2, -0.15) is 0 Å². The predicted octanol–water partition coefficient (Wildman–Crippen LogP) is 4.61. The van der Waals surface area contributed by atoms with Gasteiger partial charge in [0, 0.05) is 17.9 Å². The molecule has 158 valence electrons. The molecule has 1 aliphatic heterocycles. The van der Waals surface area contributed by atoms with Crippen molar-refractivity contribution in [2.45, 2.75) is 50.1 Å². The lowest BCUT2D eigenvalue weighted by atomic mass is 9.88. The molecule has 2 aromatic carbocycles. The van der Waals surface area contributed by atoms with E-state index in [4.69, 9.17) is 0 Å². The molecule has 0 aromatic heterocycles. The van der Waals surface area contributed by atoms with Crippen LogP contribution in [0, 0.1) is 11.7 Å². The number of thioether (sulfide) groups is 1. The second-order valence-electron chi connectivity index (χ2n) is 8.06. The summed E-state index contributed by atoms with van der Waals surface area (Å²) in [4.78, 5) is 28.3. The molecule has 2 amide bonds. The fraction of sp³-hybridized carbons (Fsp3) is 0.417. The predicted molar refractivity (Wildman–Crippen MR) is 117 cm³/mol. The van der Waals surface area contributed by atoms with Gasteiger partial charge in [-0.15, -0.1) is 11.8 Å². The van der Waals surface area contributed by atoms with Crippen LogP contribution in [0.25, 0.3) is 0 Å². The molecular formula is C24H27FN2O2S. The summed E-state index contributed by atoms with van der Waals surface area (Å²) in [6, 6.07) is 14.8. The van der Waals surface area contributed by atoms with E-state index in [0.717, 1.165) is 18.4 Å². The van der Waals surface area contributed by atoms with Gasteiger partial charge in [0.05, 0.1) is 5.37 Å². The smallest absolute Gasteiger partial charge is 0.255 e. The molecule has 2 fully saturated rings. The second-order valence-corrected chi connectivity index (χ2v) is 9.21. The average Bonchev–Trinajstić information content (AvgIpc) is 3.24. The Balaban J connectivity index is 1.51. The summed E-state index contributed by atoms with van der Waals surface area (Å²) in [6.07, 6.45) is 5.86. The SMILES string of the molecule is O=C(NCc1ccc(F)cc1)[C@@H]1CS[C@@H](C2CCCCC2)N1C(=O)c1ccccc1. The van der Waals surface area contributed by atoms with Gasteiger partial charge in [-0.05, 0) is 48.6 Å². The highest BCUT2D eigenvalue weighted by Crippen LogP contribution is 2.41. The average molecular weight is 427 g/mol. The van der Waals surface area contributed by atoms with Gasteiger partial charge in [-0.3, -0.25) is 9.59 Å². The second kappa shape index (κ2) is 9.65. The van der Waals surface area contributed by atoms with Crippen LogP contribution in [0.15, 0.2) is 54.6 Å². The van der Waals surface area contributed by atoms with Crippen LogP contribution >= 0.6 is 11.8 Å². The Bertz CT molecular complexity index is 869. The van der Waals surface area contributed by atoms with E-state index in [2.05, 4.69) is 5.32 Å². The maximum Gasteiger partial charge on any atom is 0.255 e. The van der Waals surface area contributed by atoms with Crippen molar-refractivity contribution in [2.75, 3.05) is 5.75 Å². The molecule has 2 aromatic rings. The Morgan fingerprint density at radius 3 is 2.40 bits per heavy atom. The Morgan fingerprint density at radius 2 is 1.70 bits per heavy atom. The van der Waals surface area contributed by atoms with E-state index in [-0.39, 0.29) is 23.0 Å². The number of amides is 2. The number of hydrogen-bond donors (Lipinski definition) is 1. The van der Waals surface area contributed by atoms with Crippen LogP contribution in [0.2, 0.25) is 0 Å². The molecule has 0 unspecified atom stereocenters. The molecule has 2 atom stereocenters. The van der Waals surface area contributed by atoms with Gasteiger partial charge < -0.3 is 10.2 Å². The number of carbonyl (C=O) groups excluding carboxylic acids is 2. The Labute approximate surface area is 181 Å². The number of nitrogens with zero attached hydrogens (tertiary/aromatic N) is 1. The highest BCUT2D eigenvalue weighted by molar-refractivity contribution is 8.00.